The minimum atomic E-state index is 0.108. The van der Waals surface area contributed by atoms with Gasteiger partial charge in [-0.3, -0.25) is 4.90 Å². The summed E-state index contributed by atoms with van der Waals surface area (Å²) in [7, 11) is 0. The molecule has 0 aromatic heterocycles. The molecule has 0 aliphatic heterocycles. The summed E-state index contributed by atoms with van der Waals surface area (Å²) in [6, 6.07) is 0.402. The van der Waals surface area contributed by atoms with E-state index in [1.807, 2.05) is 27.7 Å². The molecule has 0 radical (unpaired) electrons. The Bertz CT molecular complexity index is 235. The fourth-order valence-corrected chi connectivity index (χ4v) is 2.46. The van der Waals surface area contributed by atoms with E-state index in [1.54, 1.807) is 0 Å². The van der Waals surface area contributed by atoms with Gasteiger partial charge in [-0.1, -0.05) is 13.8 Å². The summed E-state index contributed by atoms with van der Waals surface area (Å²) < 4.78 is 0.114. The van der Waals surface area contributed by atoms with Gasteiger partial charge in [0.2, 0.25) is 0 Å². The van der Waals surface area contributed by atoms with E-state index < -0.39 is 0 Å². The molecule has 116 valence electrons. The first kappa shape index (κ1) is 18.8. The Kier molecular flexibility index (Phi) is 8.78. The molecule has 0 aromatic carbocycles. The highest BCUT2D eigenvalue weighted by Crippen LogP contribution is 2.10. The van der Waals surface area contributed by atoms with Crippen LogP contribution in [0, 0.1) is 0 Å². The van der Waals surface area contributed by atoms with Gasteiger partial charge in [0.1, 0.15) is 19.6 Å². The second kappa shape index (κ2) is 8.87. The van der Waals surface area contributed by atoms with Gasteiger partial charge in [0.05, 0.1) is 6.04 Å². The van der Waals surface area contributed by atoms with Crippen LogP contribution >= 0.6 is 0 Å². The van der Waals surface area contributed by atoms with E-state index in [2.05, 4.69) is 18.7 Å². The zero-order chi connectivity index (χ0) is 15.1. The van der Waals surface area contributed by atoms with Crippen LogP contribution in [0.1, 0.15) is 41.5 Å². The Morgan fingerprint density at radius 3 is 1.84 bits per heavy atom. The third kappa shape index (κ3) is 6.19. The van der Waals surface area contributed by atoms with E-state index in [0.717, 1.165) is 32.7 Å². The van der Waals surface area contributed by atoms with Crippen molar-refractivity contribution in [3.05, 3.63) is 0 Å². The first-order chi connectivity index (χ1) is 8.83. The lowest BCUT2D eigenvalue weighted by Gasteiger charge is -2.37. The number of nitrogens with zero attached hydrogens (tertiary/aromatic N) is 3. The van der Waals surface area contributed by atoms with Crippen LogP contribution in [-0.4, -0.2) is 76.4 Å². The highest BCUT2D eigenvalue weighted by atomic mass is 16.5. The van der Waals surface area contributed by atoms with Crippen molar-refractivity contribution < 1.29 is 15.1 Å². The molecule has 2 unspecified atom stereocenters. The molecule has 0 aliphatic carbocycles. The molecule has 0 amide bonds. The molecule has 0 aromatic rings. The minimum absolute atomic E-state index is 0.108. The van der Waals surface area contributed by atoms with Crippen molar-refractivity contribution >= 4 is 0 Å². The van der Waals surface area contributed by atoms with Gasteiger partial charge >= 0.3 is 0 Å². The third-order valence-corrected chi connectivity index (χ3v) is 4.14. The molecule has 0 heterocycles. The summed E-state index contributed by atoms with van der Waals surface area (Å²) in [5.74, 6) is 0. The number of hydroxylamine groups is 5. The quantitative estimate of drug-likeness (QED) is 0.473. The zero-order valence-corrected chi connectivity index (χ0v) is 13.6. The average molecular weight is 276 g/mol. The molecule has 2 atom stereocenters. The monoisotopic (exact) mass is 276 g/mol. The Hall–Kier alpha value is -0.200. The van der Waals surface area contributed by atoms with Crippen LogP contribution in [0.3, 0.4) is 0 Å². The summed E-state index contributed by atoms with van der Waals surface area (Å²) in [6.07, 6.45) is 0. The Balaban J connectivity index is 4.51. The largest absolute Gasteiger partial charge is 0.314 e. The molecule has 5 heteroatoms. The van der Waals surface area contributed by atoms with Gasteiger partial charge in [0.15, 0.2) is 0 Å². The van der Waals surface area contributed by atoms with Crippen LogP contribution < -0.4 is 0 Å². The van der Waals surface area contributed by atoms with Crippen LogP contribution in [0.5, 0.6) is 0 Å². The van der Waals surface area contributed by atoms with Gasteiger partial charge in [-0.05, 0) is 34.2 Å². The zero-order valence-electron chi connectivity index (χ0n) is 13.6. The van der Waals surface area contributed by atoms with Gasteiger partial charge in [-0.25, -0.2) is 5.21 Å². The molecule has 0 fully saturated rings. The van der Waals surface area contributed by atoms with E-state index in [1.165, 1.54) is 5.06 Å². The highest BCUT2D eigenvalue weighted by molar-refractivity contribution is 4.71. The van der Waals surface area contributed by atoms with Crippen molar-refractivity contribution in [2.45, 2.75) is 53.6 Å². The van der Waals surface area contributed by atoms with Crippen molar-refractivity contribution in [2.75, 3.05) is 39.3 Å². The van der Waals surface area contributed by atoms with Crippen molar-refractivity contribution in [1.82, 2.24) is 9.96 Å². The Morgan fingerprint density at radius 1 is 0.947 bits per heavy atom. The molecule has 0 aliphatic rings. The van der Waals surface area contributed by atoms with Gasteiger partial charge < -0.3 is 5.21 Å². The predicted molar refractivity (Wildman–Crippen MR) is 78.3 cm³/mol. The SMILES string of the molecule is CCN(O)C(C)CN(CC)C(C)C[N+](O)(CC)CC. The molecule has 0 saturated heterocycles. The van der Waals surface area contributed by atoms with Crippen molar-refractivity contribution in [3.8, 4) is 0 Å². The normalized spacial score (nSPS) is 16.1. The lowest BCUT2D eigenvalue weighted by molar-refractivity contribution is -1.10. The maximum atomic E-state index is 10.4. The maximum Gasteiger partial charge on any atom is 0.124 e. The molecule has 0 spiro atoms. The second-order valence-electron chi connectivity index (χ2n) is 5.45. The van der Waals surface area contributed by atoms with E-state index in [9.17, 15) is 10.4 Å². The smallest absolute Gasteiger partial charge is 0.124 e. The predicted octanol–water partition coefficient (Wildman–Crippen LogP) is 2.04. The lowest BCUT2D eigenvalue weighted by Crippen LogP contribution is -2.54. The topological polar surface area (TPSA) is 46.9 Å². The van der Waals surface area contributed by atoms with E-state index in [0.29, 0.717) is 12.6 Å². The summed E-state index contributed by atoms with van der Waals surface area (Å²) in [6.45, 7) is 16.8. The molecule has 0 rings (SSSR count). The van der Waals surface area contributed by atoms with Crippen LogP contribution in [0.15, 0.2) is 0 Å². The van der Waals surface area contributed by atoms with Gasteiger partial charge in [-0.15, -0.1) is 0 Å². The molecule has 2 N–H and O–H groups in total. The number of rotatable bonds is 10. The fourth-order valence-electron chi connectivity index (χ4n) is 2.46. The molecular weight excluding hydrogens is 242 g/mol. The molecule has 19 heavy (non-hydrogen) atoms. The van der Waals surface area contributed by atoms with Crippen LogP contribution in [0.25, 0.3) is 0 Å². The van der Waals surface area contributed by atoms with Crippen LogP contribution in [0.2, 0.25) is 0 Å². The van der Waals surface area contributed by atoms with Gasteiger partial charge in [0, 0.05) is 19.1 Å². The van der Waals surface area contributed by atoms with E-state index in [-0.39, 0.29) is 10.7 Å². The molecule has 5 nitrogen and oxygen atoms in total. The molecule has 0 saturated carbocycles. The van der Waals surface area contributed by atoms with E-state index in [4.69, 9.17) is 0 Å². The summed E-state index contributed by atoms with van der Waals surface area (Å²) in [4.78, 5) is 2.32. The molecular formula is C14H34N3O2+. The average Bonchev–Trinajstić information content (AvgIpc) is 2.42. The first-order valence-corrected chi connectivity index (χ1v) is 7.61. The maximum absolute atomic E-state index is 10.4. The first-order valence-electron chi connectivity index (χ1n) is 7.61. The highest BCUT2D eigenvalue weighted by Gasteiger charge is 2.28. The number of quaternary nitrogens is 1. The van der Waals surface area contributed by atoms with Crippen LogP contribution in [0.4, 0.5) is 0 Å². The Morgan fingerprint density at radius 2 is 1.47 bits per heavy atom. The summed E-state index contributed by atoms with van der Waals surface area (Å²) in [5, 5.41) is 21.5. The third-order valence-electron chi connectivity index (χ3n) is 4.14. The molecule has 0 bridgehead atoms. The summed E-state index contributed by atoms with van der Waals surface area (Å²) in [5.41, 5.74) is 0. The number of likely N-dealkylation sites (N-methyl/N-ethyl adjacent to an activating group) is 3. The van der Waals surface area contributed by atoms with Crippen molar-refractivity contribution in [2.24, 2.45) is 0 Å². The lowest BCUT2D eigenvalue weighted by atomic mass is 10.2. The van der Waals surface area contributed by atoms with Gasteiger partial charge in [-0.2, -0.15) is 9.71 Å². The standard InChI is InChI=1S/C14H34N3O2/c1-7-15(11-13(5)16(18)8-2)14(6)12-17(19,9-3)10-4/h13-14,18-19H,7-12H2,1-6H3/q+1. The van der Waals surface area contributed by atoms with Crippen molar-refractivity contribution in [1.29, 1.82) is 0 Å². The summed E-state index contributed by atoms with van der Waals surface area (Å²) >= 11 is 0. The van der Waals surface area contributed by atoms with Gasteiger partial charge in [0.25, 0.3) is 0 Å². The minimum Gasteiger partial charge on any atom is -0.314 e. The second-order valence-corrected chi connectivity index (χ2v) is 5.45. The Labute approximate surface area is 118 Å². The van der Waals surface area contributed by atoms with E-state index >= 15 is 0 Å². The number of hydrogen-bond donors (Lipinski definition) is 2. The number of hydrogen-bond acceptors (Lipinski definition) is 4. The van der Waals surface area contributed by atoms with Crippen molar-refractivity contribution in [3.63, 3.8) is 0 Å². The van der Waals surface area contributed by atoms with Crippen LogP contribution in [-0.2, 0) is 0 Å². The fraction of sp³-hybridized carbons (Fsp3) is 1.00.